The third kappa shape index (κ3) is 1.97. The van der Waals surface area contributed by atoms with Crippen LogP contribution in [0.5, 0.6) is 23.0 Å². The number of nitrogens with zero attached hydrogens (tertiary/aromatic N) is 3. The van der Waals surface area contributed by atoms with E-state index in [1.807, 2.05) is 59.5 Å². The molecule has 6 heteroatoms. The SMILES string of the molecule is N#Cc1cccc(C#N)c1N1c2cccc3c2B2c4c(cccc4Oc4cccc1c42)O3. The van der Waals surface area contributed by atoms with Crippen molar-refractivity contribution < 1.29 is 9.47 Å². The lowest BCUT2D eigenvalue weighted by molar-refractivity contribution is 0.464. The molecule has 3 heterocycles. The lowest BCUT2D eigenvalue weighted by Crippen LogP contribution is -2.61. The van der Waals surface area contributed by atoms with Crippen LogP contribution < -0.4 is 30.8 Å². The predicted octanol–water partition coefficient (Wildman–Crippen LogP) is 3.94. The minimum atomic E-state index is -0.0443. The average Bonchev–Trinajstić information content (AvgIpc) is 2.84. The summed E-state index contributed by atoms with van der Waals surface area (Å²) < 4.78 is 12.6. The number of rotatable bonds is 1. The lowest BCUT2D eigenvalue weighted by Gasteiger charge is -2.42. The summed E-state index contributed by atoms with van der Waals surface area (Å²) in [6, 6.07) is 27.5. The Hall–Kier alpha value is -4.68. The number of anilines is 3. The van der Waals surface area contributed by atoms with E-state index >= 15 is 0 Å². The second-order valence-electron chi connectivity index (χ2n) is 7.94. The van der Waals surface area contributed by atoms with Crippen molar-refractivity contribution in [2.45, 2.75) is 0 Å². The quantitative estimate of drug-likeness (QED) is 0.384. The fourth-order valence-corrected chi connectivity index (χ4v) is 5.21. The molecule has 0 N–H and O–H groups in total. The highest BCUT2D eigenvalue weighted by Gasteiger charge is 2.47. The molecule has 0 fully saturated rings. The number of nitriles is 2. The third-order valence-electron chi connectivity index (χ3n) is 6.40. The molecule has 0 aliphatic carbocycles. The van der Waals surface area contributed by atoms with Crippen LogP contribution in [0, 0.1) is 22.7 Å². The van der Waals surface area contributed by atoms with Gasteiger partial charge in [0.2, 0.25) is 0 Å². The van der Waals surface area contributed by atoms with E-state index in [0.29, 0.717) is 16.8 Å². The van der Waals surface area contributed by atoms with Crippen LogP contribution in [0.15, 0.2) is 72.8 Å². The van der Waals surface area contributed by atoms with Crippen LogP contribution in [0.2, 0.25) is 0 Å². The summed E-state index contributed by atoms with van der Waals surface area (Å²) in [5.41, 5.74) is 6.31. The van der Waals surface area contributed by atoms with Gasteiger partial charge in [-0.15, -0.1) is 0 Å². The van der Waals surface area contributed by atoms with Crippen molar-refractivity contribution in [3.63, 3.8) is 0 Å². The monoisotopic (exact) mass is 409 g/mol. The first kappa shape index (κ1) is 17.1. The van der Waals surface area contributed by atoms with Gasteiger partial charge in [-0.2, -0.15) is 10.5 Å². The summed E-state index contributed by atoms with van der Waals surface area (Å²) in [5.74, 6) is 3.14. The van der Waals surface area contributed by atoms with Gasteiger partial charge in [-0.05, 0) is 59.5 Å². The second kappa shape index (κ2) is 5.94. The van der Waals surface area contributed by atoms with Gasteiger partial charge in [0.1, 0.15) is 35.1 Å². The molecule has 0 radical (unpaired) electrons. The zero-order valence-corrected chi connectivity index (χ0v) is 16.7. The predicted molar refractivity (Wildman–Crippen MR) is 122 cm³/mol. The Bertz CT molecular complexity index is 1470. The highest BCUT2D eigenvalue weighted by atomic mass is 16.5. The van der Waals surface area contributed by atoms with Crippen LogP contribution in [-0.4, -0.2) is 6.71 Å². The van der Waals surface area contributed by atoms with Crippen molar-refractivity contribution >= 4 is 40.2 Å². The molecule has 0 bridgehead atoms. The molecule has 4 aromatic carbocycles. The first-order valence-electron chi connectivity index (χ1n) is 10.3. The van der Waals surface area contributed by atoms with E-state index in [0.717, 1.165) is 50.8 Å². The number of hydrogen-bond acceptors (Lipinski definition) is 5. The van der Waals surface area contributed by atoms with E-state index in [9.17, 15) is 10.5 Å². The molecule has 7 rings (SSSR count). The smallest absolute Gasteiger partial charge is 0.266 e. The topological polar surface area (TPSA) is 69.3 Å². The molecule has 0 unspecified atom stereocenters. The van der Waals surface area contributed by atoms with Crippen molar-refractivity contribution in [1.82, 2.24) is 0 Å². The first-order valence-corrected chi connectivity index (χ1v) is 10.3. The lowest BCUT2D eigenvalue weighted by atomic mass is 9.33. The van der Waals surface area contributed by atoms with Crippen LogP contribution in [0.25, 0.3) is 0 Å². The fraction of sp³-hybridized carbons (Fsp3) is 0. The highest BCUT2D eigenvalue weighted by Crippen LogP contribution is 2.46. The van der Waals surface area contributed by atoms with E-state index < -0.39 is 0 Å². The maximum atomic E-state index is 9.89. The summed E-state index contributed by atoms with van der Waals surface area (Å²) in [5, 5.41) is 19.8. The molecule has 0 atom stereocenters. The van der Waals surface area contributed by atoms with Crippen LogP contribution in [0.3, 0.4) is 0 Å². The summed E-state index contributed by atoms with van der Waals surface area (Å²) in [7, 11) is 0. The van der Waals surface area contributed by atoms with Gasteiger partial charge < -0.3 is 14.4 Å². The standard InChI is InChI=1S/C26H12BN3O2/c28-13-15-5-1-6-16(14-29)26(15)30-17-7-2-9-19-23(17)27-24-18(30)8-3-10-20(24)32-22-12-4-11-21(31-19)25(22)27/h1-12H. The summed E-state index contributed by atoms with van der Waals surface area (Å²) >= 11 is 0. The Balaban J connectivity index is 1.64. The summed E-state index contributed by atoms with van der Waals surface area (Å²) in [6.45, 7) is -0.0443. The number of benzene rings is 4. The first-order chi connectivity index (χ1) is 15.8. The summed E-state index contributed by atoms with van der Waals surface area (Å²) in [4.78, 5) is 2.01. The fourth-order valence-electron chi connectivity index (χ4n) is 5.21. The summed E-state index contributed by atoms with van der Waals surface area (Å²) in [6.07, 6.45) is 0. The molecule has 4 aromatic rings. The Morgan fingerprint density at radius 3 is 1.53 bits per heavy atom. The molecule has 146 valence electrons. The van der Waals surface area contributed by atoms with Crippen molar-refractivity contribution in [3.8, 4) is 35.1 Å². The molecule has 3 aliphatic heterocycles. The molecule has 0 amide bonds. The van der Waals surface area contributed by atoms with Crippen LogP contribution >= 0.6 is 0 Å². The van der Waals surface area contributed by atoms with E-state index in [2.05, 4.69) is 12.1 Å². The Labute approximate surface area is 184 Å². The molecule has 0 spiro atoms. The maximum absolute atomic E-state index is 9.89. The van der Waals surface area contributed by atoms with Crippen LogP contribution in [0.1, 0.15) is 11.1 Å². The zero-order chi connectivity index (χ0) is 21.4. The maximum Gasteiger partial charge on any atom is 0.266 e. The highest BCUT2D eigenvalue weighted by molar-refractivity contribution is 7.00. The molecule has 0 saturated heterocycles. The second-order valence-corrected chi connectivity index (χ2v) is 7.94. The van der Waals surface area contributed by atoms with Gasteiger partial charge in [0.25, 0.3) is 6.71 Å². The largest absolute Gasteiger partial charge is 0.458 e. The Morgan fingerprint density at radius 1 is 0.594 bits per heavy atom. The van der Waals surface area contributed by atoms with Crippen LogP contribution in [-0.2, 0) is 0 Å². The van der Waals surface area contributed by atoms with E-state index in [4.69, 9.17) is 9.47 Å². The minimum absolute atomic E-state index is 0.0443. The van der Waals surface area contributed by atoms with E-state index in [-0.39, 0.29) is 6.71 Å². The molecule has 0 aromatic heterocycles. The van der Waals surface area contributed by atoms with E-state index in [1.165, 1.54) is 0 Å². The van der Waals surface area contributed by atoms with Gasteiger partial charge >= 0.3 is 0 Å². The Kier molecular flexibility index (Phi) is 3.16. The van der Waals surface area contributed by atoms with Crippen molar-refractivity contribution in [1.29, 1.82) is 10.5 Å². The Morgan fingerprint density at radius 2 is 1.03 bits per heavy atom. The van der Waals surface area contributed by atoms with Crippen molar-refractivity contribution in [3.05, 3.63) is 83.9 Å². The van der Waals surface area contributed by atoms with Gasteiger partial charge in [0.05, 0.1) is 16.8 Å². The van der Waals surface area contributed by atoms with Crippen molar-refractivity contribution in [2.24, 2.45) is 0 Å². The van der Waals surface area contributed by atoms with Gasteiger partial charge in [-0.1, -0.05) is 24.3 Å². The molecule has 3 aliphatic rings. The van der Waals surface area contributed by atoms with Crippen LogP contribution in [0.4, 0.5) is 17.1 Å². The molecule has 32 heavy (non-hydrogen) atoms. The van der Waals surface area contributed by atoms with Gasteiger partial charge in [0, 0.05) is 16.8 Å². The normalized spacial score (nSPS) is 13.3. The molecular weight excluding hydrogens is 397 g/mol. The van der Waals surface area contributed by atoms with E-state index in [1.54, 1.807) is 18.2 Å². The zero-order valence-electron chi connectivity index (χ0n) is 16.7. The number of hydrogen-bond donors (Lipinski definition) is 0. The van der Waals surface area contributed by atoms with Gasteiger partial charge in [0.15, 0.2) is 0 Å². The minimum Gasteiger partial charge on any atom is -0.458 e. The third-order valence-corrected chi connectivity index (χ3v) is 6.40. The van der Waals surface area contributed by atoms with Gasteiger partial charge in [-0.25, -0.2) is 0 Å². The average molecular weight is 409 g/mol. The number of para-hydroxylation sites is 1. The van der Waals surface area contributed by atoms with Gasteiger partial charge in [-0.3, -0.25) is 0 Å². The number of ether oxygens (including phenoxy) is 2. The molecular formula is C26H12BN3O2. The molecule has 0 saturated carbocycles. The van der Waals surface area contributed by atoms with Crippen molar-refractivity contribution in [2.75, 3.05) is 4.90 Å². The molecule has 5 nitrogen and oxygen atoms in total.